The smallest absolute Gasteiger partial charge is 0.254 e. The summed E-state index contributed by atoms with van der Waals surface area (Å²) >= 11 is 0. The van der Waals surface area contributed by atoms with Crippen molar-refractivity contribution in [2.24, 2.45) is 5.73 Å². The molecule has 0 saturated carbocycles. The Morgan fingerprint density at radius 1 is 0.955 bits per heavy atom. The number of carbonyl (C=O) groups is 1. The first-order valence-electron chi connectivity index (χ1n) is 7.95. The predicted octanol–water partition coefficient (Wildman–Crippen LogP) is 3.31. The minimum absolute atomic E-state index is 0.119. The lowest BCUT2D eigenvalue weighted by Crippen LogP contribution is -2.33. The maximum absolute atomic E-state index is 12.9. The lowest BCUT2D eigenvalue weighted by molar-refractivity contribution is 0.0762. The first-order chi connectivity index (χ1) is 10.8. The number of amides is 1. The molecule has 0 aliphatic carbocycles. The molecule has 0 aromatic heterocycles. The third-order valence-electron chi connectivity index (χ3n) is 4.30. The second-order valence-corrected chi connectivity index (χ2v) is 5.89. The van der Waals surface area contributed by atoms with Gasteiger partial charge in [0, 0.05) is 24.7 Å². The summed E-state index contributed by atoms with van der Waals surface area (Å²) < 4.78 is 0. The van der Waals surface area contributed by atoms with Gasteiger partial charge in [0.1, 0.15) is 0 Å². The van der Waals surface area contributed by atoms with E-state index >= 15 is 0 Å². The molecular weight excluding hydrogens is 272 g/mol. The highest BCUT2D eigenvalue weighted by atomic mass is 16.2. The molecule has 1 amide bonds. The Bertz CT molecular complexity index is 639. The van der Waals surface area contributed by atoms with Gasteiger partial charge in [-0.3, -0.25) is 4.79 Å². The molecule has 22 heavy (non-hydrogen) atoms. The van der Waals surface area contributed by atoms with Crippen LogP contribution in [0.25, 0.3) is 11.1 Å². The molecule has 3 rings (SSSR count). The number of benzene rings is 2. The van der Waals surface area contributed by atoms with Gasteiger partial charge in [0.05, 0.1) is 0 Å². The van der Waals surface area contributed by atoms with Crippen molar-refractivity contribution in [2.75, 3.05) is 13.1 Å². The maximum Gasteiger partial charge on any atom is 0.254 e. The van der Waals surface area contributed by atoms with Crippen molar-refractivity contribution >= 4 is 5.91 Å². The molecule has 1 aliphatic heterocycles. The molecule has 114 valence electrons. The van der Waals surface area contributed by atoms with E-state index in [0.717, 1.165) is 49.0 Å². The Labute approximate surface area is 131 Å². The van der Waals surface area contributed by atoms with Gasteiger partial charge >= 0.3 is 0 Å². The van der Waals surface area contributed by atoms with E-state index in [9.17, 15) is 4.79 Å². The molecule has 0 radical (unpaired) electrons. The zero-order chi connectivity index (χ0) is 15.4. The van der Waals surface area contributed by atoms with E-state index < -0.39 is 0 Å². The predicted molar refractivity (Wildman–Crippen MR) is 89.6 cm³/mol. The first-order valence-corrected chi connectivity index (χ1v) is 7.95. The second kappa shape index (κ2) is 6.75. The average Bonchev–Trinajstić information content (AvgIpc) is 2.80. The number of hydrogen-bond acceptors (Lipinski definition) is 2. The third-order valence-corrected chi connectivity index (χ3v) is 4.30. The van der Waals surface area contributed by atoms with Crippen LogP contribution in [-0.2, 0) is 0 Å². The average molecular weight is 294 g/mol. The Morgan fingerprint density at radius 2 is 1.68 bits per heavy atom. The van der Waals surface area contributed by atoms with Crippen LogP contribution in [0.1, 0.15) is 29.6 Å². The van der Waals surface area contributed by atoms with Gasteiger partial charge in [0.25, 0.3) is 5.91 Å². The highest BCUT2D eigenvalue weighted by Crippen LogP contribution is 2.25. The van der Waals surface area contributed by atoms with E-state index in [1.165, 1.54) is 0 Å². The fourth-order valence-electron chi connectivity index (χ4n) is 3.03. The van der Waals surface area contributed by atoms with E-state index in [4.69, 9.17) is 5.73 Å². The van der Waals surface area contributed by atoms with Crippen LogP contribution in [0.4, 0.5) is 0 Å². The van der Waals surface area contributed by atoms with Crippen LogP contribution < -0.4 is 5.73 Å². The van der Waals surface area contributed by atoms with Crippen molar-refractivity contribution in [3.8, 4) is 11.1 Å². The monoisotopic (exact) mass is 294 g/mol. The van der Waals surface area contributed by atoms with Crippen LogP contribution in [0.2, 0.25) is 0 Å². The summed E-state index contributed by atoms with van der Waals surface area (Å²) in [6.07, 6.45) is 2.88. The Kier molecular flexibility index (Phi) is 4.54. The summed E-state index contributed by atoms with van der Waals surface area (Å²) in [4.78, 5) is 14.9. The number of nitrogens with zero attached hydrogens (tertiary/aromatic N) is 1. The Hall–Kier alpha value is -2.13. The molecule has 1 atom stereocenters. The van der Waals surface area contributed by atoms with E-state index in [-0.39, 0.29) is 11.9 Å². The summed E-state index contributed by atoms with van der Waals surface area (Å²) in [6, 6.07) is 18.2. The van der Waals surface area contributed by atoms with Crippen LogP contribution in [0, 0.1) is 0 Å². The molecule has 2 N–H and O–H groups in total. The van der Waals surface area contributed by atoms with Crippen LogP contribution in [0.15, 0.2) is 54.6 Å². The summed E-state index contributed by atoms with van der Waals surface area (Å²) in [5.41, 5.74) is 8.88. The molecule has 2 aromatic rings. The van der Waals surface area contributed by atoms with Gasteiger partial charge in [-0.2, -0.15) is 0 Å². The van der Waals surface area contributed by atoms with Gasteiger partial charge in [-0.25, -0.2) is 0 Å². The van der Waals surface area contributed by atoms with Crippen molar-refractivity contribution in [2.45, 2.75) is 25.3 Å². The molecule has 1 fully saturated rings. The lowest BCUT2D eigenvalue weighted by atomic mass is 9.99. The SMILES string of the molecule is N[C@H]1CCCN(C(=O)c2ccccc2-c2ccccc2)CC1. The quantitative estimate of drug-likeness (QED) is 0.923. The van der Waals surface area contributed by atoms with Crippen molar-refractivity contribution in [3.63, 3.8) is 0 Å². The van der Waals surface area contributed by atoms with E-state index in [1.807, 2.05) is 59.5 Å². The van der Waals surface area contributed by atoms with Crippen LogP contribution in [0.3, 0.4) is 0 Å². The summed E-state index contributed by atoms with van der Waals surface area (Å²) in [7, 11) is 0. The minimum atomic E-state index is 0.119. The van der Waals surface area contributed by atoms with Crippen LogP contribution in [-0.4, -0.2) is 29.9 Å². The highest BCUT2D eigenvalue weighted by Gasteiger charge is 2.22. The van der Waals surface area contributed by atoms with E-state index in [0.29, 0.717) is 0 Å². The Balaban J connectivity index is 1.90. The number of rotatable bonds is 2. The molecule has 3 heteroatoms. The van der Waals surface area contributed by atoms with E-state index in [1.54, 1.807) is 0 Å². The van der Waals surface area contributed by atoms with Gasteiger partial charge in [0.15, 0.2) is 0 Å². The molecule has 2 aromatic carbocycles. The maximum atomic E-state index is 12.9. The largest absolute Gasteiger partial charge is 0.339 e. The van der Waals surface area contributed by atoms with E-state index in [2.05, 4.69) is 0 Å². The zero-order valence-electron chi connectivity index (χ0n) is 12.7. The summed E-state index contributed by atoms with van der Waals surface area (Å²) in [5.74, 6) is 0.119. The Morgan fingerprint density at radius 3 is 2.50 bits per heavy atom. The first kappa shape index (κ1) is 14.8. The molecule has 1 saturated heterocycles. The van der Waals surface area contributed by atoms with Crippen LogP contribution in [0.5, 0.6) is 0 Å². The normalized spacial score (nSPS) is 18.8. The van der Waals surface area contributed by atoms with Crippen molar-refractivity contribution in [3.05, 3.63) is 60.2 Å². The molecule has 0 unspecified atom stereocenters. The van der Waals surface area contributed by atoms with Crippen molar-refractivity contribution in [1.82, 2.24) is 4.90 Å². The van der Waals surface area contributed by atoms with Crippen molar-refractivity contribution in [1.29, 1.82) is 0 Å². The highest BCUT2D eigenvalue weighted by molar-refractivity contribution is 6.00. The topological polar surface area (TPSA) is 46.3 Å². The van der Waals surface area contributed by atoms with Gasteiger partial charge in [0.2, 0.25) is 0 Å². The molecular formula is C19H22N2O. The fraction of sp³-hybridized carbons (Fsp3) is 0.316. The fourth-order valence-corrected chi connectivity index (χ4v) is 3.03. The van der Waals surface area contributed by atoms with Gasteiger partial charge < -0.3 is 10.6 Å². The molecule has 3 nitrogen and oxygen atoms in total. The molecule has 1 aliphatic rings. The van der Waals surface area contributed by atoms with Gasteiger partial charge in [-0.1, -0.05) is 48.5 Å². The van der Waals surface area contributed by atoms with Gasteiger partial charge in [-0.05, 0) is 36.5 Å². The number of likely N-dealkylation sites (tertiary alicyclic amines) is 1. The minimum Gasteiger partial charge on any atom is -0.339 e. The lowest BCUT2D eigenvalue weighted by Gasteiger charge is -2.22. The standard InChI is InChI=1S/C19H22N2O/c20-16-9-6-13-21(14-12-16)19(22)18-11-5-4-10-17(18)15-7-2-1-3-8-15/h1-5,7-8,10-11,16H,6,9,12-14,20H2/t16-/m0/s1. The zero-order valence-corrected chi connectivity index (χ0v) is 12.7. The second-order valence-electron chi connectivity index (χ2n) is 5.89. The summed E-state index contributed by atoms with van der Waals surface area (Å²) in [6.45, 7) is 1.55. The summed E-state index contributed by atoms with van der Waals surface area (Å²) in [5, 5.41) is 0. The van der Waals surface area contributed by atoms with Crippen molar-refractivity contribution < 1.29 is 4.79 Å². The number of carbonyl (C=O) groups excluding carboxylic acids is 1. The third kappa shape index (κ3) is 3.20. The number of hydrogen-bond donors (Lipinski definition) is 1. The van der Waals surface area contributed by atoms with Gasteiger partial charge in [-0.15, -0.1) is 0 Å². The molecule has 1 heterocycles. The van der Waals surface area contributed by atoms with Crippen LogP contribution >= 0.6 is 0 Å². The molecule has 0 bridgehead atoms. The number of nitrogens with two attached hydrogens (primary N) is 1. The molecule has 0 spiro atoms.